The Balaban J connectivity index is 1.95. The van der Waals surface area contributed by atoms with E-state index in [0.717, 1.165) is 35.9 Å². The molecular weight excluding hydrogens is 304 g/mol. The number of carbonyl (C=O) groups excluding carboxylic acids is 1. The van der Waals surface area contributed by atoms with E-state index in [1.54, 1.807) is 7.11 Å². The van der Waals surface area contributed by atoms with E-state index in [1.807, 2.05) is 31.2 Å². The van der Waals surface area contributed by atoms with Gasteiger partial charge in [-0.15, -0.1) is 0 Å². The van der Waals surface area contributed by atoms with E-state index in [2.05, 4.69) is 5.32 Å². The number of aliphatic hydroxyl groups is 1. The van der Waals surface area contributed by atoms with Gasteiger partial charge in [0.25, 0.3) is 5.91 Å². The lowest BCUT2D eigenvalue weighted by atomic mass is 10.0. The summed E-state index contributed by atoms with van der Waals surface area (Å²) < 4.78 is 5.29. The van der Waals surface area contributed by atoms with Gasteiger partial charge in [-0.25, -0.2) is 0 Å². The molecule has 2 aromatic rings. The van der Waals surface area contributed by atoms with E-state index in [1.165, 1.54) is 0 Å². The average Bonchev–Trinajstić information content (AvgIpc) is 3.43. The third-order valence-corrected chi connectivity index (χ3v) is 4.45. The first kappa shape index (κ1) is 16.7. The van der Waals surface area contributed by atoms with Crippen molar-refractivity contribution in [2.75, 3.05) is 13.7 Å². The highest BCUT2D eigenvalue weighted by atomic mass is 16.5. The van der Waals surface area contributed by atoms with E-state index < -0.39 is 0 Å². The molecule has 1 fully saturated rings. The SMILES string of the molecule is COc1ccc2nc(C3CC3)cc(C(=O)NC(C)CCCO)c2c1. The molecule has 1 aliphatic rings. The molecule has 0 spiro atoms. The van der Waals surface area contributed by atoms with Crippen molar-refractivity contribution >= 4 is 16.8 Å². The van der Waals surface area contributed by atoms with Gasteiger partial charge < -0.3 is 15.2 Å². The first-order chi connectivity index (χ1) is 11.6. The summed E-state index contributed by atoms with van der Waals surface area (Å²) in [5.41, 5.74) is 2.48. The number of pyridine rings is 1. The second-order valence-corrected chi connectivity index (χ2v) is 6.49. The number of nitrogens with zero attached hydrogens (tertiary/aromatic N) is 1. The van der Waals surface area contributed by atoms with Crippen molar-refractivity contribution in [3.05, 3.63) is 35.5 Å². The fraction of sp³-hybridized carbons (Fsp3) is 0.474. The molecule has 128 valence electrons. The summed E-state index contributed by atoms with van der Waals surface area (Å²) in [6.07, 6.45) is 3.72. The normalized spacial score (nSPS) is 15.3. The van der Waals surface area contributed by atoms with E-state index in [4.69, 9.17) is 14.8 Å². The molecule has 1 aromatic carbocycles. The average molecular weight is 328 g/mol. The summed E-state index contributed by atoms with van der Waals surface area (Å²) in [4.78, 5) is 17.5. The molecular formula is C19H24N2O3. The molecule has 1 atom stereocenters. The molecule has 1 amide bonds. The number of carbonyl (C=O) groups is 1. The third kappa shape index (κ3) is 3.67. The van der Waals surface area contributed by atoms with Gasteiger partial charge in [-0.05, 0) is 56.9 Å². The van der Waals surface area contributed by atoms with Crippen LogP contribution in [-0.4, -0.2) is 35.8 Å². The number of rotatable bonds is 7. The van der Waals surface area contributed by atoms with Crippen molar-refractivity contribution < 1.29 is 14.6 Å². The van der Waals surface area contributed by atoms with E-state index in [0.29, 0.717) is 23.7 Å². The Kier molecular flexibility index (Phi) is 5.00. The molecule has 0 bridgehead atoms. The molecule has 24 heavy (non-hydrogen) atoms. The maximum atomic E-state index is 12.8. The first-order valence-electron chi connectivity index (χ1n) is 8.52. The number of aromatic nitrogens is 1. The van der Waals surface area contributed by atoms with Crippen LogP contribution in [-0.2, 0) is 0 Å². The molecule has 1 unspecified atom stereocenters. The summed E-state index contributed by atoms with van der Waals surface area (Å²) in [6, 6.07) is 7.59. The predicted octanol–water partition coefficient (Wildman–Crippen LogP) is 3.01. The topological polar surface area (TPSA) is 71.5 Å². The van der Waals surface area contributed by atoms with Crippen molar-refractivity contribution in [2.45, 2.75) is 44.6 Å². The van der Waals surface area contributed by atoms with Crippen molar-refractivity contribution in [3.8, 4) is 5.75 Å². The van der Waals surface area contributed by atoms with Crippen molar-refractivity contribution in [2.24, 2.45) is 0 Å². The van der Waals surface area contributed by atoms with Crippen LogP contribution >= 0.6 is 0 Å². The van der Waals surface area contributed by atoms with Crippen LogP contribution in [0.5, 0.6) is 5.75 Å². The quantitative estimate of drug-likeness (QED) is 0.819. The molecule has 5 nitrogen and oxygen atoms in total. The lowest BCUT2D eigenvalue weighted by molar-refractivity contribution is 0.0938. The van der Waals surface area contributed by atoms with Crippen LogP contribution in [0.2, 0.25) is 0 Å². The maximum Gasteiger partial charge on any atom is 0.252 e. The Bertz CT molecular complexity index is 741. The lowest BCUT2D eigenvalue weighted by Crippen LogP contribution is -2.33. The molecule has 5 heteroatoms. The van der Waals surface area contributed by atoms with Gasteiger partial charge in [0.1, 0.15) is 5.75 Å². The number of ether oxygens (including phenoxy) is 1. The van der Waals surface area contributed by atoms with Crippen LogP contribution in [0, 0.1) is 0 Å². The monoisotopic (exact) mass is 328 g/mol. The second kappa shape index (κ2) is 7.18. The highest BCUT2D eigenvalue weighted by Gasteiger charge is 2.27. The van der Waals surface area contributed by atoms with Gasteiger partial charge in [0.15, 0.2) is 0 Å². The number of hydrogen-bond donors (Lipinski definition) is 2. The number of methoxy groups -OCH3 is 1. The van der Waals surface area contributed by atoms with Crippen molar-refractivity contribution in [1.82, 2.24) is 10.3 Å². The smallest absolute Gasteiger partial charge is 0.252 e. The minimum atomic E-state index is -0.0945. The molecule has 1 heterocycles. The summed E-state index contributed by atoms with van der Waals surface area (Å²) >= 11 is 0. The van der Waals surface area contributed by atoms with E-state index >= 15 is 0 Å². The fourth-order valence-electron chi connectivity index (χ4n) is 2.90. The molecule has 2 N–H and O–H groups in total. The Morgan fingerprint density at radius 3 is 2.88 bits per heavy atom. The fourth-order valence-corrected chi connectivity index (χ4v) is 2.90. The van der Waals surface area contributed by atoms with Gasteiger partial charge in [0.2, 0.25) is 0 Å². The third-order valence-electron chi connectivity index (χ3n) is 4.45. The minimum Gasteiger partial charge on any atom is -0.497 e. The van der Waals surface area contributed by atoms with Gasteiger partial charge in [0, 0.05) is 29.6 Å². The van der Waals surface area contributed by atoms with E-state index in [-0.39, 0.29) is 18.6 Å². The minimum absolute atomic E-state index is 0.0165. The van der Waals surface area contributed by atoms with Crippen LogP contribution in [0.3, 0.4) is 0 Å². The highest BCUT2D eigenvalue weighted by molar-refractivity contribution is 6.06. The van der Waals surface area contributed by atoms with Gasteiger partial charge in [-0.2, -0.15) is 0 Å². The Morgan fingerprint density at radius 1 is 1.42 bits per heavy atom. The molecule has 1 saturated carbocycles. The van der Waals surface area contributed by atoms with Gasteiger partial charge in [0.05, 0.1) is 18.2 Å². The zero-order valence-corrected chi connectivity index (χ0v) is 14.2. The number of aliphatic hydroxyl groups excluding tert-OH is 1. The number of fused-ring (bicyclic) bond motifs is 1. The standard InChI is InChI=1S/C19H24N2O3/c1-12(4-3-9-22)20-19(23)16-11-18(13-5-6-13)21-17-8-7-14(24-2)10-15(16)17/h7-8,10-13,22H,3-6,9H2,1-2H3,(H,20,23). The Morgan fingerprint density at radius 2 is 2.21 bits per heavy atom. The van der Waals surface area contributed by atoms with E-state index in [9.17, 15) is 4.79 Å². The van der Waals surface area contributed by atoms with Crippen molar-refractivity contribution in [1.29, 1.82) is 0 Å². The predicted molar refractivity (Wildman–Crippen MR) is 93.5 cm³/mol. The highest BCUT2D eigenvalue weighted by Crippen LogP contribution is 2.40. The second-order valence-electron chi connectivity index (χ2n) is 6.49. The largest absolute Gasteiger partial charge is 0.497 e. The number of nitrogens with one attached hydrogen (secondary N) is 1. The van der Waals surface area contributed by atoms with Gasteiger partial charge >= 0.3 is 0 Å². The zero-order chi connectivity index (χ0) is 17.1. The van der Waals surface area contributed by atoms with Crippen LogP contribution in [0.4, 0.5) is 0 Å². The van der Waals surface area contributed by atoms with Crippen molar-refractivity contribution in [3.63, 3.8) is 0 Å². The molecule has 0 radical (unpaired) electrons. The maximum absolute atomic E-state index is 12.8. The zero-order valence-electron chi connectivity index (χ0n) is 14.2. The summed E-state index contributed by atoms with van der Waals surface area (Å²) in [5, 5.41) is 12.8. The molecule has 3 rings (SSSR count). The lowest BCUT2D eigenvalue weighted by Gasteiger charge is -2.15. The van der Waals surface area contributed by atoms with Crippen LogP contribution in [0.15, 0.2) is 24.3 Å². The number of hydrogen-bond acceptors (Lipinski definition) is 4. The van der Waals surface area contributed by atoms with Gasteiger partial charge in [-0.1, -0.05) is 0 Å². The van der Waals surface area contributed by atoms with Crippen LogP contribution in [0.25, 0.3) is 10.9 Å². The molecule has 1 aliphatic carbocycles. The van der Waals surface area contributed by atoms with Crippen LogP contribution in [0.1, 0.15) is 54.6 Å². The summed E-state index contributed by atoms with van der Waals surface area (Å²) in [5.74, 6) is 1.10. The molecule has 0 saturated heterocycles. The van der Waals surface area contributed by atoms with Gasteiger partial charge in [-0.3, -0.25) is 9.78 Å². The first-order valence-corrected chi connectivity index (χ1v) is 8.52. The summed E-state index contributed by atoms with van der Waals surface area (Å²) in [6.45, 7) is 2.10. The Hall–Kier alpha value is -2.14. The number of benzene rings is 1. The summed E-state index contributed by atoms with van der Waals surface area (Å²) in [7, 11) is 1.61. The van der Waals surface area contributed by atoms with Crippen LogP contribution < -0.4 is 10.1 Å². The molecule has 0 aliphatic heterocycles. The Labute approximate surface area is 142 Å². The number of amides is 1. The molecule has 1 aromatic heterocycles.